The highest BCUT2D eigenvalue weighted by Gasteiger charge is 2.29. The van der Waals surface area contributed by atoms with Crippen molar-refractivity contribution in [1.29, 1.82) is 0 Å². The molecule has 1 aliphatic heterocycles. The van der Waals surface area contributed by atoms with Gasteiger partial charge in [0.15, 0.2) is 0 Å². The Hall–Kier alpha value is -4.20. The summed E-state index contributed by atoms with van der Waals surface area (Å²) in [6, 6.07) is 19.9. The Morgan fingerprint density at radius 3 is 2.36 bits per heavy atom. The molecule has 3 aromatic rings. The van der Waals surface area contributed by atoms with Crippen molar-refractivity contribution in [3.05, 3.63) is 77.9 Å². The Balaban J connectivity index is 1.59. The summed E-state index contributed by atoms with van der Waals surface area (Å²) in [4.78, 5) is 26.6. The highest BCUT2D eigenvalue weighted by atomic mass is 16.5. The fourth-order valence-corrected chi connectivity index (χ4v) is 4.06. The van der Waals surface area contributed by atoms with E-state index in [9.17, 15) is 14.7 Å². The number of benzene rings is 3. The predicted molar refractivity (Wildman–Crippen MR) is 126 cm³/mol. The van der Waals surface area contributed by atoms with Gasteiger partial charge >= 0.3 is 5.97 Å². The second-order valence-electron chi connectivity index (χ2n) is 7.55. The van der Waals surface area contributed by atoms with Crippen molar-refractivity contribution in [2.75, 3.05) is 36.4 Å². The monoisotopic (exact) mass is 447 g/mol. The van der Waals surface area contributed by atoms with E-state index in [2.05, 4.69) is 10.6 Å². The molecule has 0 aromatic heterocycles. The molecule has 1 aliphatic rings. The van der Waals surface area contributed by atoms with Gasteiger partial charge in [0.05, 0.1) is 44.7 Å². The van der Waals surface area contributed by atoms with E-state index < -0.39 is 5.97 Å². The van der Waals surface area contributed by atoms with Crippen LogP contribution in [0.4, 0.5) is 17.1 Å². The Kier molecular flexibility index (Phi) is 6.35. The second-order valence-corrected chi connectivity index (χ2v) is 7.55. The first-order valence-electron chi connectivity index (χ1n) is 10.5. The molecule has 0 fully saturated rings. The number of rotatable bonds is 8. The van der Waals surface area contributed by atoms with Crippen LogP contribution in [0.25, 0.3) is 0 Å². The van der Waals surface area contributed by atoms with Crippen molar-refractivity contribution >= 4 is 28.9 Å². The summed E-state index contributed by atoms with van der Waals surface area (Å²) in [5.74, 6) is -0.396. The average molecular weight is 447 g/mol. The number of nitrogens with one attached hydrogen (secondary N) is 2. The van der Waals surface area contributed by atoms with Crippen LogP contribution in [0.15, 0.2) is 66.7 Å². The molecule has 8 heteroatoms. The van der Waals surface area contributed by atoms with E-state index >= 15 is 0 Å². The van der Waals surface area contributed by atoms with E-state index in [1.807, 2.05) is 47.4 Å². The van der Waals surface area contributed by atoms with Crippen LogP contribution in [-0.4, -0.2) is 37.9 Å². The number of carbonyl (C=O) groups is 2. The van der Waals surface area contributed by atoms with Gasteiger partial charge in [-0.1, -0.05) is 36.4 Å². The molecule has 0 bridgehead atoms. The number of hydrogen-bond acceptors (Lipinski definition) is 6. The molecule has 170 valence electrons. The van der Waals surface area contributed by atoms with Gasteiger partial charge in [-0.15, -0.1) is 0 Å². The third-order valence-electron chi connectivity index (χ3n) is 5.59. The first-order valence-corrected chi connectivity index (χ1v) is 10.5. The predicted octanol–water partition coefficient (Wildman–Crippen LogP) is 4.36. The smallest absolute Gasteiger partial charge is 0.305 e. The van der Waals surface area contributed by atoms with Crippen LogP contribution in [0.2, 0.25) is 0 Å². The molecule has 8 nitrogen and oxygen atoms in total. The minimum absolute atomic E-state index is 0.0305. The summed E-state index contributed by atoms with van der Waals surface area (Å²) < 4.78 is 10.7. The summed E-state index contributed by atoms with van der Waals surface area (Å²) in [6.45, 7) is 0.458. The number of nitrogens with zero attached hydrogens (tertiary/aromatic N) is 1. The molecule has 33 heavy (non-hydrogen) atoms. The van der Waals surface area contributed by atoms with Gasteiger partial charge in [0.1, 0.15) is 17.1 Å². The number of fused-ring (bicyclic) bond motifs is 1. The largest absolute Gasteiger partial charge is 0.496 e. The van der Waals surface area contributed by atoms with Crippen molar-refractivity contribution in [1.82, 2.24) is 0 Å². The maximum atomic E-state index is 13.0. The zero-order valence-electron chi connectivity index (χ0n) is 18.4. The Labute approximate surface area is 191 Å². The molecule has 0 saturated carbocycles. The van der Waals surface area contributed by atoms with Crippen molar-refractivity contribution in [3.8, 4) is 11.5 Å². The molecule has 0 radical (unpaired) electrons. The standard InChI is InChI=1S/C25H25N3O5/c1-32-21-9-6-10-22(33-2)24(21)25(31)27-17-11-12-19-18(13-17)26-15-28(19)20(14-23(29)30)16-7-4-3-5-8-16/h3-13,20,26H,14-15H2,1-2H3,(H,27,31)(H,29,30). The van der Waals surface area contributed by atoms with Gasteiger partial charge in [0, 0.05) is 5.69 Å². The number of carboxylic acid groups (broad SMARTS) is 1. The zero-order valence-corrected chi connectivity index (χ0v) is 18.4. The maximum absolute atomic E-state index is 13.0. The fourth-order valence-electron chi connectivity index (χ4n) is 4.06. The quantitative estimate of drug-likeness (QED) is 0.472. The molecule has 3 aromatic carbocycles. The average Bonchev–Trinajstić information content (AvgIpc) is 3.25. The Bertz CT molecular complexity index is 1140. The van der Waals surface area contributed by atoms with E-state index in [1.54, 1.807) is 24.3 Å². The molecular formula is C25H25N3O5. The maximum Gasteiger partial charge on any atom is 0.305 e. The summed E-state index contributed by atoms with van der Waals surface area (Å²) >= 11 is 0. The normalized spacial score (nSPS) is 13.0. The van der Waals surface area contributed by atoms with Crippen molar-refractivity contribution in [3.63, 3.8) is 0 Å². The number of aliphatic carboxylic acids is 1. The van der Waals surface area contributed by atoms with Crippen LogP contribution < -0.4 is 25.0 Å². The third kappa shape index (κ3) is 4.55. The molecule has 4 rings (SSSR count). The Morgan fingerprint density at radius 1 is 1.03 bits per heavy atom. The summed E-state index contributed by atoms with van der Waals surface area (Å²) in [7, 11) is 3.00. The topological polar surface area (TPSA) is 100 Å². The van der Waals surface area contributed by atoms with Crippen LogP contribution in [0.5, 0.6) is 11.5 Å². The molecular weight excluding hydrogens is 422 g/mol. The minimum atomic E-state index is -0.869. The number of carboxylic acids is 1. The summed E-state index contributed by atoms with van der Waals surface area (Å²) in [5, 5.41) is 15.7. The van der Waals surface area contributed by atoms with E-state index in [1.165, 1.54) is 14.2 Å². The van der Waals surface area contributed by atoms with Crippen LogP contribution in [0.3, 0.4) is 0 Å². The van der Waals surface area contributed by atoms with Gasteiger partial charge in [-0.3, -0.25) is 9.59 Å². The van der Waals surface area contributed by atoms with Gasteiger partial charge in [-0.2, -0.15) is 0 Å². The molecule has 1 atom stereocenters. The van der Waals surface area contributed by atoms with E-state index in [4.69, 9.17) is 9.47 Å². The fraction of sp³-hybridized carbons (Fsp3) is 0.200. The van der Waals surface area contributed by atoms with Crippen LogP contribution >= 0.6 is 0 Å². The first kappa shape index (κ1) is 22.0. The molecule has 1 unspecified atom stereocenters. The van der Waals surface area contributed by atoms with E-state index in [-0.39, 0.29) is 18.4 Å². The number of carbonyl (C=O) groups excluding carboxylic acids is 1. The molecule has 1 amide bonds. The lowest BCUT2D eigenvalue weighted by Gasteiger charge is -2.28. The van der Waals surface area contributed by atoms with Gasteiger partial charge in [-0.25, -0.2) is 0 Å². The first-order chi connectivity index (χ1) is 16.0. The van der Waals surface area contributed by atoms with Gasteiger partial charge in [0.2, 0.25) is 0 Å². The Morgan fingerprint density at radius 2 is 1.73 bits per heavy atom. The minimum Gasteiger partial charge on any atom is -0.496 e. The van der Waals surface area contributed by atoms with Crippen LogP contribution in [-0.2, 0) is 4.79 Å². The van der Waals surface area contributed by atoms with Crippen molar-refractivity contribution < 1.29 is 24.2 Å². The summed E-state index contributed by atoms with van der Waals surface area (Å²) in [5.41, 5.74) is 3.51. The number of methoxy groups -OCH3 is 2. The molecule has 1 heterocycles. The van der Waals surface area contributed by atoms with E-state index in [0.717, 1.165) is 16.9 Å². The lowest BCUT2D eigenvalue weighted by molar-refractivity contribution is -0.137. The zero-order chi connectivity index (χ0) is 23.4. The number of ether oxygens (including phenoxy) is 2. The van der Waals surface area contributed by atoms with Crippen molar-refractivity contribution in [2.45, 2.75) is 12.5 Å². The van der Waals surface area contributed by atoms with Gasteiger partial charge in [0.25, 0.3) is 5.91 Å². The van der Waals surface area contributed by atoms with Crippen LogP contribution in [0.1, 0.15) is 28.4 Å². The number of hydrogen-bond donors (Lipinski definition) is 3. The molecule has 0 aliphatic carbocycles. The van der Waals surface area contributed by atoms with Crippen molar-refractivity contribution in [2.24, 2.45) is 0 Å². The molecule has 0 spiro atoms. The lowest BCUT2D eigenvalue weighted by atomic mass is 10.0. The number of amides is 1. The highest BCUT2D eigenvalue weighted by Crippen LogP contribution is 2.40. The molecule has 0 saturated heterocycles. The summed E-state index contributed by atoms with van der Waals surface area (Å²) in [6.07, 6.45) is -0.0305. The van der Waals surface area contributed by atoms with E-state index in [0.29, 0.717) is 29.4 Å². The van der Waals surface area contributed by atoms with Gasteiger partial charge < -0.3 is 30.1 Å². The number of anilines is 3. The highest BCUT2D eigenvalue weighted by molar-refractivity contribution is 6.08. The molecule has 3 N–H and O–H groups in total. The van der Waals surface area contributed by atoms with Crippen LogP contribution in [0, 0.1) is 0 Å². The van der Waals surface area contributed by atoms with Gasteiger partial charge in [-0.05, 0) is 35.9 Å². The third-order valence-corrected chi connectivity index (χ3v) is 5.59. The second kappa shape index (κ2) is 9.52. The lowest BCUT2D eigenvalue weighted by Crippen LogP contribution is -2.30. The SMILES string of the molecule is COc1cccc(OC)c1C(=O)Nc1ccc2c(c1)NCN2C(CC(=O)O)c1ccccc1.